The van der Waals surface area contributed by atoms with Crippen LogP contribution in [0.1, 0.15) is 43.5 Å². The maximum Gasteiger partial charge on any atom is 0.124 e. The van der Waals surface area contributed by atoms with E-state index in [0.717, 1.165) is 23.4 Å². The minimum atomic E-state index is 0.163. The lowest BCUT2D eigenvalue weighted by Gasteiger charge is -2.18. The third kappa shape index (κ3) is 3.08. The van der Waals surface area contributed by atoms with Crippen molar-refractivity contribution < 1.29 is 4.74 Å². The number of nitrogens with one attached hydrogen (secondary N) is 2. The number of rotatable bonds is 4. The Balaban J connectivity index is 1.80. The van der Waals surface area contributed by atoms with E-state index >= 15 is 0 Å². The first-order chi connectivity index (χ1) is 10.6. The van der Waals surface area contributed by atoms with Crippen LogP contribution in [0.3, 0.4) is 0 Å². The second kappa shape index (κ2) is 6.38. The first kappa shape index (κ1) is 14.9. The van der Waals surface area contributed by atoms with Gasteiger partial charge in [-0.25, -0.2) is 10.9 Å². The lowest BCUT2D eigenvalue weighted by Crippen LogP contribution is -2.27. The summed E-state index contributed by atoms with van der Waals surface area (Å²) in [5.74, 6) is 0.943. The van der Waals surface area contributed by atoms with Crippen LogP contribution < -0.4 is 21.3 Å². The Labute approximate surface area is 131 Å². The number of hydrazine groups is 1. The van der Waals surface area contributed by atoms with Crippen LogP contribution in [-0.4, -0.2) is 6.10 Å². The van der Waals surface area contributed by atoms with E-state index in [9.17, 15) is 0 Å². The predicted octanol–water partition coefficient (Wildman–Crippen LogP) is 3.34. The van der Waals surface area contributed by atoms with Crippen molar-refractivity contribution in [2.45, 2.75) is 38.5 Å². The molecule has 116 valence electrons. The molecule has 1 heterocycles. The predicted molar refractivity (Wildman–Crippen MR) is 89.4 cm³/mol. The lowest BCUT2D eigenvalue weighted by atomic mass is 9.96. The monoisotopic (exact) mass is 297 g/mol. The Bertz CT molecular complexity index is 642. The van der Waals surface area contributed by atoms with Gasteiger partial charge in [0.1, 0.15) is 5.75 Å². The minimum Gasteiger partial charge on any atom is -0.491 e. The molecule has 0 bridgehead atoms. The number of nitrogen functional groups attached to an aromatic ring is 1. The van der Waals surface area contributed by atoms with Crippen molar-refractivity contribution in [3.05, 3.63) is 59.7 Å². The molecule has 1 aliphatic rings. The van der Waals surface area contributed by atoms with Crippen LogP contribution in [0.25, 0.3) is 0 Å². The van der Waals surface area contributed by atoms with Gasteiger partial charge in [-0.05, 0) is 38.0 Å². The summed E-state index contributed by atoms with van der Waals surface area (Å²) < 4.78 is 5.93. The van der Waals surface area contributed by atoms with Gasteiger partial charge in [-0.1, -0.05) is 36.4 Å². The van der Waals surface area contributed by atoms with E-state index in [0.29, 0.717) is 0 Å². The fourth-order valence-corrected chi connectivity index (χ4v) is 2.92. The van der Waals surface area contributed by atoms with E-state index in [2.05, 4.69) is 29.1 Å². The van der Waals surface area contributed by atoms with Crippen LogP contribution in [0.5, 0.6) is 5.75 Å². The molecule has 2 atom stereocenters. The van der Waals surface area contributed by atoms with E-state index in [1.165, 1.54) is 5.56 Å². The molecule has 1 aliphatic heterocycles. The van der Waals surface area contributed by atoms with Gasteiger partial charge in [-0.2, -0.15) is 0 Å². The van der Waals surface area contributed by atoms with Gasteiger partial charge in [-0.3, -0.25) is 0 Å². The highest BCUT2D eigenvalue weighted by Crippen LogP contribution is 2.36. The SMILES string of the molecule is CC(C)Oc1ccccc1C1CC(c2ccccc2N)NN1. The number of anilines is 1. The van der Waals surface area contributed by atoms with Crippen molar-refractivity contribution in [1.82, 2.24) is 10.9 Å². The molecular weight excluding hydrogens is 274 g/mol. The summed E-state index contributed by atoms with van der Waals surface area (Å²) in [5, 5.41) is 0. The molecule has 0 saturated carbocycles. The van der Waals surface area contributed by atoms with Gasteiger partial charge in [0.15, 0.2) is 0 Å². The molecule has 1 saturated heterocycles. The van der Waals surface area contributed by atoms with Gasteiger partial charge in [-0.15, -0.1) is 0 Å². The number of hydrogen-bond donors (Lipinski definition) is 3. The van der Waals surface area contributed by atoms with Crippen LogP contribution in [-0.2, 0) is 0 Å². The van der Waals surface area contributed by atoms with E-state index in [-0.39, 0.29) is 18.2 Å². The smallest absolute Gasteiger partial charge is 0.124 e. The summed E-state index contributed by atoms with van der Waals surface area (Å²) in [7, 11) is 0. The van der Waals surface area contributed by atoms with Gasteiger partial charge in [0.05, 0.1) is 18.2 Å². The largest absolute Gasteiger partial charge is 0.491 e. The molecule has 1 fully saturated rings. The second-order valence-electron chi connectivity index (χ2n) is 5.96. The maximum absolute atomic E-state index is 6.09. The zero-order valence-corrected chi connectivity index (χ0v) is 13.0. The topological polar surface area (TPSA) is 59.3 Å². The Morgan fingerprint density at radius 2 is 1.55 bits per heavy atom. The summed E-state index contributed by atoms with van der Waals surface area (Å²) in [6.07, 6.45) is 1.10. The zero-order chi connectivity index (χ0) is 15.5. The van der Waals surface area contributed by atoms with E-state index < -0.39 is 0 Å². The van der Waals surface area contributed by atoms with Crippen LogP contribution in [0.2, 0.25) is 0 Å². The van der Waals surface area contributed by atoms with Crippen molar-refractivity contribution in [3.8, 4) is 5.75 Å². The highest BCUT2D eigenvalue weighted by Gasteiger charge is 2.29. The standard InChI is InChI=1S/C18H23N3O/c1-12(2)22-18-10-6-4-8-14(18)17-11-16(20-21-17)13-7-3-5-9-15(13)19/h3-10,12,16-17,20-21H,11,19H2,1-2H3. The highest BCUT2D eigenvalue weighted by atomic mass is 16.5. The molecular formula is C18H23N3O. The number of nitrogens with two attached hydrogens (primary N) is 1. The summed E-state index contributed by atoms with van der Waals surface area (Å²) in [4.78, 5) is 0. The van der Waals surface area contributed by atoms with Crippen molar-refractivity contribution in [1.29, 1.82) is 0 Å². The van der Waals surface area contributed by atoms with Crippen molar-refractivity contribution >= 4 is 5.69 Å². The molecule has 2 unspecified atom stereocenters. The first-order valence-corrected chi connectivity index (χ1v) is 7.76. The number of benzene rings is 2. The molecule has 3 rings (SSSR count). The van der Waals surface area contributed by atoms with E-state index in [1.54, 1.807) is 0 Å². The van der Waals surface area contributed by atoms with Crippen LogP contribution >= 0.6 is 0 Å². The Hall–Kier alpha value is -2.04. The summed E-state index contributed by atoms with van der Waals surface area (Å²) in [6.45, 7) is 4.09. The van der Waals surface area contributed by atoms with Crippen molar-refractivity contribution in [2.24, 2.45) is 0 Å². The molecule has 4 nitrogen and oxygen atoms in total. The molecule has 0 aromatic heterocycles. The van der Waals surface area contributed by atoms with Gasteiger partial charge >= 0.3 is 0 Å². The van der Waals surface area contributed by atoms with E-state index in [1.807, 2.05) is 44.2 Å². The van der Waals surface area contributed by atoms with Gasteiger partial charge < -0.3 is 10.5 Å². The fourth-order valence-electron chi connectivity index (χ4n) is 2.92. The molecule has 0 amide bonds. The molecule has 22 heavy (non-hydrogen) atoms. The maximum atomic E-state index is 6.09. The van der Waals surface area contributed by atoms with Crippen molar-refractivity contribution in [3.63, 3.8) is 0 Å². The van der Waals surface area contributed by atoms with Crippen LogP contribution in [0, 0.1) is 0 Å². The Morgan fingerprint density at radius 1 is 0.955 bits per heavy atom. The number of hydrogen-bond acceptors (Lipinski definition) is 4. The fraction of sp³-hybridized carbons (Fsp3) is 0.333. The first-order valence-electron chi connectivity index (χ1n) is 7.76. The quantitative estimate of drug-likeness (QED) is 0.758. The molecule has 2 aromatic rings. The Kier molecular flexibility index (Phi) is 4.32. The summed E-state index contributed by atoms with van der Waals surface area (Å²) in [5.41, 5.74) is 16.0. The minimum absolute atomic E-state index is 0.163. The lowest BCUT2D eigenvalue weighted by molar-refractivity contribution is 0.238. The van der Waals surface area contributed by atoms with Crippen molar-refractivity contribution in [2.75, 3.05) is 5.73 Å². The zero-order valence-electron chi connectivity index (χ0n) is 13.0. The average Bonchev–Trinajstić information content (AvgIpc) is 2.97. The Morgan fingerprint density at radius 3 is 2.23 bits per heavy atom. The molecule has 4 heteroatoms. The van der Waals surface area contributed by atoms with Gasteiger partial charge in [0.25, 0.3) is 0 Å². The van der Waals surface area contributed by atoms with Gasteiger partial charge in [0, 0.05) is 11.3 Å². The highest BCUT2D eigenvalue weighted by molar-refractivity contribution is 5.49. The second-order valence-corrected chi connectivity index (χ2v) is 5.96. The normalized spacial score (nSPS) is 21.2. The van der Waals surface area contributed by atoms with Crippen LogP contribution in [0.4, 0.5) is 5.69 Å². The van der Waals surface area contributed by atoms with Gasteiger partial charge in [0.2, 0.25) is 0 Å². The molecule has 2 aromatic carbocycles. The van der Waals surface area contributed by atoms with Crippen LogP contribution in [0.15, 0.2) is 48.5 Å². The third-order valence-corrected chi connectivity index (χ3v) is 3.93. The molecule has 0 aliphatic carbocycles. The summed E-state index contributed by atoms with van der Waals surface area (Å²) in [6, 6.07) is 16.6. The molecule has 0 radical (unpaired) electrons. The molecule has 4 N–H and O–H groups in total. The number of ether oxygens (including phenoxy) is 1. The van der Waals surface area contributed by atoms with E-state index in [4.69, 9.17) is 10.5 Å². The summed E-state index contributed by atoms with van der Waals surface area (Å²) >= 11 is 0. The third-order valence-electron chi connectivity index (χ3n) is 3.93. The number of para-hydroxylation sites is 2. The average molecular weight is 297 g/mol. The molecule has 0 spiro atoms.